The van der Waals surface area contributed by atoms with Crippen molar-refractivity contribution >= 4 is 95.4 Å². The minimum atomic E-state index is -1.02. The second-order valence-corrected chi connectivity index (χ2v) is 31.9. The van der Waals surface area contributed by atoms with Crippen molar-refractivity contribution in [1.29, 1.82) is 0 Å². The summed E-state index contributed by atoms with van der Waals surface area (Å²) < 4.78 is 39.1. The van der Waals surface area contributed by atoms with Gasteiger partial charge in [0.2, 0.25) is 23.7 Å². The molecule has 0 spiro atoms. The summed E-state index contributed by atoms with van der Waals surface area (Å²) in [6, 6.07) is 2.08. The minimum absolute atomic E-state index is 0.0928. The molecule has 1 heterocycles. The van der Waals surface area contributed by atoms with Crippen LogP contribution in [0.5, 0.6) is 5.75 Å². The van der Waals surface area contributed by atoms with Gasteiger partial charge in [0.25, 0.3) is 5.91 Å². The molecule has 1 aromatic heterocycles. The number of fused-ring (bicyclic) bond motifs is 1. The number of nitrogens with zero attached hydrogens (tertiary/aromatic N) is 6. The molecule has 1 aliphatic rings. The fraction of sp³-hybridized carbons (Fsp3) is 0.694. The van der Waals surface area contributed by atoms with Gasteiger partial charge >= 0.3 is 36.6 Å². The molecule has 1 aromatic carbocycles. The predicted octanol–water partition coefficient (Wildman–Crippen LogP) is 8.87. The van der Waals surface area contributed by atoms with Gasteiger partial charge in [0, 0.05) is 39.3 Å². The average molecular weight is 1530 g/mol. The summed E-state index contributed by atoms with van der Waals surface area (Å²) in [4.78, 5) is 141. The maximum atomic E-state index is 14.0. The Hall–Kier alpha value is -9.21. The number of carbonyl (C=O) groups is 9. The Morgan fingerprint density at radius 1 is 0.486 bits per heavy atom. The highest BCUT2D eigenvalue weighted by molar-refractivity contribution is 6.31. The number of nitrogens with two attached hydrogens (primary N) is 3. The maximum Gasteiger partial charge on any atom is 0.414 e. The van der Waals surface area contributed by atoms with Gasteiger partial charge in [-0.25, -0.2) is 38.7 Å². The van der Waals surface area contributed by atoms with Crippen molar-refractivity contribution in [2.24, 2.45) is 20.7 Å². The Morgan fingerprint density at radius 2 is 0.879 bits per heavy atom. The lowest BCUT2D eigenvalue weighted by atomic mass is 9.86. The summed E-state index contributed by atoms with van der Waals surface area (Å²) in [5.41, 5.74) is 15.8. The lowest BCUT2D eigenvalue weighted by Crippen LogP contribution is -2.49. The van der Waals surface area contributed by atoms with Crippen LogP contribution >= 0.6 is 11.6 Å². The Labute approximate surface area is 635 Å². The van der Waals surface area contributed by atoms with E-state index in [-0.39, 0.29) is 79.4 Å². The first-order valence-corrected chi connectivity index (χ1v) is 36.8. The van der Waals surface area contributed by atoms with E-state index >= 15 is 0 Å². The number of hydrogen-bond acceptors (Lipinski definition) is 24. The summed E-state index contributed by atoms with van der Waals surface area (Å²) in [5.74, 6) is -1.66. The second-order valence-electron chi connectivity index (χ2n) is 31.5. The molecule has 0 radical (unpaired) electrons. The number of nitrogen functional groups attached to an aromatic ring is 2. The summed E-state index contributed by atoms with van der Waals surface area (Å²) in [7, 11) is 0. The smallest absolute Gasteiger partial charge is 0.414 e. The first-order valence-electron chi connectivity index (χ1n) is 36.4. The predicted molar refractivity (Wildman–Crippen MR) is 409 cm³/mol. The van der Waals surface area contributed by atoms with Gasteiger partial charge in [-0.3, -0.25) is 60.8 Å². The van der Waals surface area contributed by atoms with E-state index in [1.54, 1.807) is 125 Å². The third kappa shape index (κ3) is 41.5. The quantitative estimate of drug-likeness (QED) is 0.0141. The number of unbranched alkanes of at least 4 members (excludes halogenated alkanes) is 3. The van der Waals surface area contributed by atoms with Gasteiger partial charge in [-0.2, -0.15) is 0 Å². The fourth-order valence-corrected chi connectivity index (χ4v) is 10.3. The molecular formula is C72H121ClN18O16. The molecule has 35 heteroatoms. The number of hydrogen-bond donors (Lipinski definition) is 12. The van der Waals surface area contributed by atoms with Gasteiger partial charge in [0.05, 0.1) is 0 Å². The second kappa shape index (κ2) is 43.6. The SMILES string of the molecule is CC(C)(C)OC(=O)NC(=NCCCC[C@@H](NC(=O)OC(C)(C)C)C(=O)NCCCN(CCCNC(=O)[C@@H](CCCCN=C(NC(=O)OC(C)(C)C)NC(=O)OC(C)(C)C)NC(=O)OC(C)(C)C)CCOc1ccc(CCCCN=C(N)NC(=O)c2nc(Cl)c(N)nc2N)c2c1CCCC2)NC(=O)OC(C)(C)C. The maximum absolute atomic E-state index is 14.0. The van der Waals surface area contributed by atoms with Crippen molar-refractivity contribution < 1.29 is 76.3 Å². The first kappa shape index (κ1) is 92.0. The Kier molecular flexibility index (Phi) is 37.5. The third-order valence-electron chi connectivity index (χ3n) is 14.5. The van der Waals surface area contributed by atoms with Crippen molar-refractivity contribution in [1.82, 2.24) is 62.7 Å². The lowest BCUT2D eigenvalue weighted by molar-refractivity contribution is -0.124. The molecule has 0 aliphatic heterocycles. The fourth-order valence-electron chi connectivity index (χ4n) is 10.2. The molecule has 0 fully saturated rings. The van der Waals surface area contributed by atoms with E-state index in [9.17, 15) is 43.2 Å². The normalized spacial score (nSPS) is 13.2. The van der Waals surface area contributed by atoms with E-state index in [4.69, 9.17) is 62.0 Å². The summed E-state index contributed by atoms with van der Waals surface area (Å²) in [6.45, 7) is 33.1. The van der Waals surface area contributed by atoms with Crippen molar-refractivity contribution in [2.45, 2.75) is 267 Å². The number of guanidine groups is 3. The molecule has 602 valence electrons. The summed E-state index contributed by atoms with van der Waals surface area (Å²) >= 11 is 5.95. The van der Waals surface area contributed by atoms with Crippen LogP contribution in [0, 0.1) is 0 Å². The molecule has 15 N–H and O–H groups in total. The largest absolute Gasteiger partial charge is 0.492 e. The highest BCUT2D eigenvalue weighted by Crippen LogP contribution is 2.33. The molecular weight excluding hydrogens is 1410 g/mol. The van der Waals surface area contributed by atoms with Crippen LogP contribution in [-0.4, -0.2) is 192 Å². The molecule has 9 amide bonds. The lowest BCUT2D eigenvalue weighted by Gasteiger charge is -2.26. The number of aromatic nitrogens is 2. The first-order chi connectivity index (χ1) is 49.6. The van der Waals surface area contributed by atoms with E-state index in [1.807, 2.05) is 6.07 Å². The van der Waals surface area contributed by atoms with Crippen LogP contribution in [0.3, 0.4) is 0 Å². The standard InChI is InChI=1S/C72H121ClN18O16/c1-67(2,3)102-61(95)82-48(32-22-25-37-80-59(87-63(97)104-69(7,8)9)88-64(98)105-70(10,11)12)55(92)77-39-27-41-91(43-44-101-50-35-34-45(46-30-19-20-31-47(46)50)29-21-24-36-79-58(76)86-57(94)51-53(74)85-54(75)52(73)84-51)42-28-40-78-56(93)49(83-62(96)103-68(4,5)6)33-23-26-38-81-60(89-65(99)106-71(13,14)15)90-66(100)107-72(16,17)18/h34-35,48-49H,19-33,36-44H2,1-18H3,(H,77,92)(H,78,93)(H,82,95)(H,83,96)(H4,74,75,85)(H3,76,79,86,94)(H2,80,87,88,97,98)(H2,81,89,90,99,100)/t48-,49-/m1/s1. The molecule has 3 rings (SSSR count). The molecule has 107 heavy (non-hydrogen) atoms. The van der Waals surface area contributed by atoms with Crippen molar-refractivity contribution in [3.05, 3.63) is 39.7 Å². The highest BCUT2D eigenvalue weighted by Gasteiger charge is 2.29. The van der Waals surface area contributed by atoms with Crippen molar-refractivity contribution in [2.75, 3.05) is 70.4 Å². The van der Waals surface area contributed by atoms with Crippen LogP contribution in [0.2, 0.25) is 5.15 Å². The number of aryl methyl sites for hydroxylation is 1. The van der Waals surface area contributed by atoms with E-state index in [1.165, 1.54) is 11.1 Å². The molecule has 34 nitrogen and oxygen atoms in total. The number of carbonyl (C=O) groups excluding carboxylic acids is 9. The molecule has 1 aliphatic carbocycles. The molecule has 0 unspecified atom stereocenters. The number of halogens is 1. The Morgan fingerprint density at radius 3 is 1.30 bits per heavy atom. The monoisotopic (exact) mass is 1530 g/mol. The van der Waals surface area contributed by atoms with E-state index in [0.717, 1.165) is 49.8 Å². The number of benzene rings is 1. The highest BCUT2D eigenvalue weighted by atomic mass is 35.5. The van der Waals surface area contributed by atoms with Crippen LogP contribution in [0.15, 0.2) is 27.1 Å². The zero-order chi connectivity index (χ0) is 80.5. The van der Waals surface area contributed by atoms with Crippen LogP contribution < -0.4 is 69.8 Å². The van der Waals surface area contributed by atoms with Gasteiger partial charge in [-0.1, -0.05) is 17.7 Å². The number of anilines is 2. The van der Waals surface area contributed by atoms with E-state index < -0.39 is 100.0 Å². The number of aliphatic imine (C=N–C) groups is 3. The number of alkyl carbamates (subject to hydrolysis) is 6. The number of rotatable bonds is 32. The van der Waals surface area contributed by atoms with Gasteiger partial charge in [0.15, 0.2) is 28.4 Å². The van der Waals surface area contributed by atoms with Crippen LogP contribution in [0.4, 0.5) is 40.4 Å². The van der Waals surface area contributed by atoms with Crippen molar-refractivity contribution in [3.63, 3.8) is 0 Å². The molecule has 0 bridgehead atoms. The van der Waals surface area contributed by atoms with Crippen LogP contribution in [0.1, 0.15) is 229 Å². The van der Waals surface area contributed by atoms with E-state index in [2.05, 4.69) is 83.8 Å². The zero-order valence-corrected chi connectivity index (χ0v) is 66.9. The van der Waals surface area contributed by atoms with Crippen molar-refractivity contribution in [3.8, 4) is 5.75 Å². The number of ether oxygens (including phenoxy) is 7. The molecule has 2 atom stereocenters. The van der Waals surface area contributed by atoms with Crippen LogP contribution in [0.25, 0.3) is 0 Å². The van der Waals surface area contributed by atoms with Gasteiger partial charge in [-0.05, 0) is 257 Å². The van der Waals surface area contributed by atoms with Gasteiger partial charge in [0.1, 0.15) is 58.0 Å². The topological polar surface area (TPSA) is 471 Å². The number of amides is 9. The summed E-state index contributed by atoms with van der Waals surface area (Å²) in [5, 5.41) is 23.5. The van der Waals surface area contributed by atoms with Gasteiger partial charge in [-0.15, -0.1) is 0 Å². The Bertz CT molecular complexity index is 3180. The average Bonchev–Trinajstić information content (AvgIpc) is 0.810. The van der Waals surface area contributed by atoms with Crippen LogP contribution in [-0.2, 0) is 57.3 Å². The number of nitrogens with one attached hydrogen (secondary N) is 9. The zero-order valence-electron chi connectivity index (χ0n) is 66.1. The summed E-state index contributed by atoms with van der Waals surface area (Å²) in [6.07, 6.45) is 3.78. The molecule has 0 saturated heterocycles. The molecule has 2 aromatic rings. The Balaban J connectivity index is 1.82. The minimum Gasteiger partial charge on any atom is -0.492 e. The third-order valence-corrected chi connectivity index (χ3v) is 14.8. The van der Waals surface area contributed by atoms with Gasteiger partial charge < -0.3 is 71.6 Å². The van der Waals surface area contributed by atoms with E-state index in [0.29, 0.717) is 77.7 Å². The molecule has 0 saturated carbocycles.